The molecule has 13 nitrogen and oxygen atoms in total. The fourth-order valence-corrected chi connectivity index (χ4v) is 17.6. The van der Waals surface area contributed by atoms with Gasteiger partial charge in [0.25, 0.3) is 0 Å². The number of aryl methyl sites for hydroxylation is 1. The minimum atomic E-state index is -2.64. The molecular weight excluding hydrogens is 925 g/mol. The second-order valence-corrected chi connectivity index (χ2v) is 27.2. The molecular formula is C58H76N4O9Si. The number of carbonyl (C=O) groups is 2. The standard InChI is InChI=1S/C57H76N4O7Si.CO2/c1-9-54(64)34-40-33-53(4,48-42(24-28-60(35-40)37-54)41-21-14-15-22-45(41)58-48)43-32-44-46(31-38(43)3)59(5)50-56(44)26-29-61-27-18-25-55(10-2,49(56)61)51(57(50,65)52(63)66-6)68-69(7,8)30-17-16-23-47(62)67-36-39-19-12-11-13-20-39;2-1-3/h11-15,18-22,25,31-32,40,49-51,58,64-65H,9-10,16-17,23-24,26-30,33-37H2,1-8H3;/t40?,49-,50+,51+,53+,54-,55+,56+,57-;/m0./s1. The van der Waals surface area contributed by atoms with Gasteiger partial charge in [-0.25, -0.2) is 4.79 Å². The summed E-state index contributed by atoms with van der Waals surface area (Å²) in [7, 11) is 0.829. The number of aliphatic hydroxyl groups is 2. The number of ether oxygens (including phenoxy) is 2. The van der Waals surface area contributed by atoms with Crippen molar-refractivity contribution in [2.75, 3.05) is 51.8 Å². The van der Waals surface area contributed by atoms with Crippen molar-refractivity contribution in [2.45, 2.75) is 151 Å². The first-order valence-corrected chi connectivity index (χ1v) is 29.5. The lowest BCUT2D eigenvalue weighted by Gasteiger charge is -2.65. The molecule has 0 radical (unpaired) electrons. The molecule has 14 heteroatoms. The number of nitrogens with zero attached hydrogens (tertiary/aromatic N) is 3. The van der Waals surface area contributed by atoms with Crippen LogP contribution in [-0.4, -0.2) is 128 Å². The Morgan fingerprint density at radius 1 is 0.944 bits per heavy atom. The zero-order valence-corrected chi connectivity index (χ0v) is 44.7. The van der Waals surface area contributed by atoms with Gasteiger partial charge in [-0.2, -0.15) is 9.59 Å². The van der Waals surface area contributed by atoms with Crippen LogP contribution in [0.3, 0.4) is 0 Å². The average Bonchev–Trinajstić information content (AvgIpc) is 4.03. The highest BCUT2D eigenvalue weighted by atomic mass is 28.4. The predicted molar refractivity (Wildman–Crippen MR) is 279 cm³/mol. The SMILES string of the molecule is CC[C@]1(O)CC2CN(CCc3c([nH]c4ccccc34)[C@@](C)(c3cc4c(cc3C)N(C)[C@H]3[C@@](O)(C(=O)OC)[C@H](O[Si](C)(C)CCCCC(=O)OCc5ccccc5)[C@]5(CC)C=CCN6CC[C@]43[C@@H]65)C2)C1.O=C=O. The van der Waals surface area contributed by atoms with Gasteiger partial charge in [0.2, 0.25) is 5.60 Å². The number of rotatable bonds is 13. The Bertz CT molecular complexity index is 2740. The van der Waals surface area contributed by atoms with E-state index in [1.165, 1.54) is 40.4 Å². The van der Waals surface area contributed by atoms with E-state index in [9.17, 15) is 19.8 Å². The normalized spacial score (nSPS) is 32.4. The summed E-state index contributed by atoms with van der Waals surface area (Å²) in [6.07, 6.45) is 10.3. The first-order chi connectivity index (χ1) is 34.4. The van der Waals surface area contributed by atoms with E-state index in [4.69, 9.17) is 23.5 Å². The van der Waals surface area contributed by atoms with E-state index in [1.54, 1.807) is 0 Å². The number of H-pyrrole nitrogens is 1. The number of esters is 2. The van der Waals surface area contributed by atoms with Crippen LogP contribution in [0.15, 0.2) is 78.9 Å². The van der Waals surface area contributed by atoms with Crippen molar-refractivity contribution in [3.05, 3.63) is 112 Å². The van der Waals surface area contributed by atoms with Crippen molar-refractivity contribution in [3.63, 3.8) is 0 Å². The maximum Gasteiger partial charge on any atom is 0.373 e. The molecule has 10 rings (SSSR count). The largest absolute Gasteiger partial charge is 0.467 e. The van der Waals surface area contributed by atoms with Gasteiger partial charge in [-0.3, -0.25) is 14.6 Å². The van der Waals surface area contributed by atoms with E-state index in [0.29, 0.717) is 25.8 Å². The fraction of sp³-hybridized carbons (Fsp3) is 0.569. The number of fused-ring (bicyclic) bond motifs is 6. The van der Waals surface area contributed by atoms with Crippen LogP contribution in [0.25, 0.3) is 10.9 Å². The minimum absolute atomic E-state index is 0.0631. The molecule has 5 aliphatic heterocycles. The van der Waals surface area contributed by atoms with Gasteiger partial charge in [-0.05, 0) is 130 Å². The summed E-state index contributed by atoms with van der Waals surface area (Å²) in [4.78, 5) is 55.4. The van der Waals surface area contributed by atoms with Crippen LogP contribution in [0.4, 0.5) is 5.69 Å². The molecule has 1 aliphatic carbocycles. The number of piperidine rings is 1. The quantitative estimate of drug-likeness (QED) is 0.0512. The summed E-state index contributed by atoms with van der Waals surface area (Å²) in [6.45, 7) is 17.8. The highest BCUT2D eigenvalue weighted by molar-refractivity contribution is 6.71. The number of benzene rings is 3. The molecule has 1 saturated carbocycles. The Kier molecular flexibility index (Phi) is 14.2. The number of carbonyl (C=O) groups excluding carboxylic acids is 4. The Hall–Kier alpha value is -4.92. The van der Waals surface area contributed by atoms with E-state index >= 15 is 0 Å². The third-order valence-corrected chi connectivity index (χ3v) is 20.7. The molecule has 386 valence electrons. The highest BCUT2D eigenvalue weighted by Gasteiger charge is 2.80. The van der Waals surface area contributed by atoms with Crippen LogP contribution >= 0.6 is 0 Å². The van der Waals surface area contributed by atoms with Gasteiger partial charge in [0.15, 0.2) is 8.32 Å². The van der Waals surface area contributed by atoms with Crippen LogP contribution in [-0.2, 0) is 56.9 Å². The number of unbranched alkanes of at least 4 members (excludes halogenated alkanes) is 1. The number of para-hydroxylation sites is 1. The summed E-state index contributed by atoms with van der Waals surface area (Å²) in [5.74, 6) is -0.600. The van der Waals surface area contributed by atoms with Crippen LogP contribution in [0, 0.1) is 18.3 Å². The lowest BCUT2D eigenvalue weighted by molar-refractivity contribution is -0.214. The monoisotopic (exact) mass is 1000 g/mol. The molecule has 2 unspecified atom stereocenters. The molecule has 3 N–H and O–H groups in total. The molecule has 0 amide bonds. The number of hydrogen-bond donors (Lipinski definition) is 3. The fourth-order valence-electron chi connectivity index (χ4n) is 15.3. The van der Waals surface area contributed by atoms with Gasteiger partial charge in [-0.15, -0.1) is 0 Å². The molecule has 4 aromatic rings. The lowest BCUT2D eigenvalue weighted by atomic mass is 9.47. The smallest absolute Gasteiger partial charge is 0.373 e. The average molecular weight is 1000 g/mol. The molecule has 6 heterocycles. The van der Waals surface area contributed by atoms with E-state index < -0.39 is 53.9 Å². The van der Waals surface area contributed by atoms with Gasteiger partial charge in [0.05, 0.1) is 24.9 Å². The van der Waals surface area contributed by atoms with Gasteiger partial charge < -0.3 is 34.0 Å². The maximum atomic E-state index is 15.0. The zero-order chi connectivity index (χ0) is 51.4. The molecule has 2 bridgehead atoms. The van der Waals surface area contributed by atoms with Crippen LogP contribution in [0.1, 0.15) is 106 Å². The Balaban J connectivity index is 0.00000208. The van der Waals surface area contributed by atoms with E-state index in [0.717, 1.165) is 87.5 Å². The van der Waals surface area contributed by atoms with Crippen molar-refractivity contribution in [1.82, 2.24) is 14.8 Å². The number of hydrogen-bond acceptors (Lipinski definition) is 12. The highest BCUT2D eigenvalue weighted by Crippen LogP contribution is 2.68. The molecule has 3 aromatic carbocycles. The van der Waals surface area contributed by atoms with Gasteiger partial charge >= 0.3 is 18.1 Å². The Morgan fingerprint density at radius 2 is 1.68 bits per heavy atom. The summed E-state index contributed by atoms with van der Waals surface area (Å²) in [5, 5.41) is 27.3. The van der Waals surface area contributed by atoms with E-state index in [-0.39, 0.29) is 30.7 Å². The van der Waals surface area contributed by atoms with Crippen molar-refractivity contribution in [2.24, 2.45) is 11.3 Å². The van der Waals surface area contributed by atoms with E-state index in [1.807, 2.05) is 30.3 Å². The summed E-state index contributed by atoms with van der Waals surface area (Å²) >= 11 is 0. The summed E-state index contributed by atoms with van der Waals surface area (Å²) in [6, 6.07) is 23.3. The summed E-state index contributed by atoms with van der Waals surface area (Å²) < 4.78 is 18.9. The summed E-state index contributed by atoms with van der Waals surface area (Å²) in [5.41, 5.74) is 4.83. The van der Waals surface area contributed by atoms with Gasteiger partial charge in [0, 0.05) is 84.2 Å². The van der Waals surface area contributed by atoms with E-state index in [2.05, 4.69) is 116 Å². The lowest BCUT2D eigenvalue weighted by Crippen LogP contribution is -2.82. The molecule has 1 aromatic heterocycles. The number of likely N-dealkylation sites (N-methyl/N-ethyl adjacent to an activating group) is 1. The number of nitrogens with one attached hydrogen (secondary N) is 1. The molecule has 2 saturated heterocycles. The first kappa shape index (κ1) is 52.0. The van der Waals surface area contributed by atoms with Crippen molar-refractivity contribution < 1.29 is 43.3 Å². The van der Waals surface area contributed by atoms with Gasteiger partial charge in [0.1, 0.15) is 6.61 Å². The predicted octanol–water partition coefficient (Wildman–Crippen LogP) is 8.13. The number of aromatic nitrogens is 1. The van der Waals surface area contributed by atoms with Crippen molar-refractivity contribution >= 4 is 43.0 Å². The topological polar surface area (TPSA) is 162 Å². The zero-order valence-electron chi connectivity index (χ0n) is 43.7. The molecule has 1 spiro atoms. The van der Waals surface area contributed by atoms with Crippen LogP contribution in [0.2, 0.25) is 19.1 Å². The number of aromatic amines is 1. The molecule has 3 fully saturated rings. The number of methoxy groups -OCH3 is 1. The van der Waals surface area contributed by atoms with Crippen LogP contribution < -0.4 is 4.90 Å². The first-order valence-electron chi connectivity index (χ1n) is 26.4. The third-order valence-electron chi connectivity index (χ3n) is 18.3. The number of anilines is 1. The Labute approximate surface area is 426 Å². The molecule has 6 aliphatic rings. The third kappa shape index (κ3) is 8.52. The Morgan fingerprint density at radius 3 is 2.40 bits per heavy atom. The van der Waals surface area contributed by atoms with Crippen LogP contribution in [0.5, 0.6) is 0 Å². The second kappa shape index (κ2) is 19.7. The molecule has 10 atom stereocenters. The maximum absolute atomic E-state index is 15.0. The molecule has 72 heavy (non-hydrogen) atoms. The van der Waals surface area contributed by atoms with Crippen molar-refractivity contribution in [1.29, 1.82) is 0 Å². The van der Waals surface area contributed by atoms with Crippen molar-refractivity contribution in [3.8, 4) is 0 Å². The minimum Gasteiger partial charge on any atom is -0.467 e. The second-order valence-electron chi connectivity index (χ2n) is 23.0. The van der Waals surface area contributed by atoms with Gasteiger partial charge in [-0.1, -0.05) is 87.0 Å².